The summed E-state index contributed by atoms with van der Waals surface area (Å²) < 4.78 is 5.28. The molecule has 0 fully saturated rings. The second kappa shape index (κ2) is 5.10. The smallest absolute Gasteiger partial charge is 0.178 e. The zero-order chi connectivity index (χ0) is 12.3. The molecular formula is C13H13NO2S. The van der Waals surface area contributed by atoms with Gasteiger partial charge in [-0.25, -0.2) is 4.98 Å². The Balaban J connectivity index is 2.22. The Morgan fingerprint density at radius 3 is 2.82 bits per heavy atom. The molecule has 3 nitrogen and oxygen atoms in total. The quantitative estimate of drug-likeness (QED) is 0.780. The number of benzene rings is 1. The summed E-state index contributed by atoms with van der Waals surface area (Å²) >= 11 is 1.50. The number of ether oxygens (including phenoxy) is 1. The van der Waals surface area contributed by atoms with Crippen molar-refractivity contribution >= 4 is 17.1 Å². The van der Waals surface area contributed by atoms with Gasteiger partial charge in [-0.2, -0.15) is 0 Å². The van der Waals surface area contributed by atoms with Crippen LogP contribution in [-0.4, -0.2) is 17.9 Å². The molecular weight excluding hydrogens is 234 g/mol. The van der Waals surface area contributed by atoms with Crippen LogP contribution in [0.3, 0.4) is 0 Å². The highest BCUT2D eigenvalue weighted by Crippen LogP contribution is 2.22. The second-order valence-electron chi connectivity index (χ2n) is 3.67. The number of para-hydroxylation sites is 1. The van der Waals surface area contributed by atoms with Crippen molar-refractivity contribution in [1.82, 2.24) is 4.98 Å². The van der Waals surface area contributed by atoms with Crippen LogP contribution in [0.1, 0.15) is 28.0 Å². The molecule has 0 spiro atoms. The van der Waals surface area contributed by atoms with Gasteiger partial charge in [0.25, 0.3) is 0 Å². The summed E-state index contributed by atoms with van der Waals surface area (Å²) in [6.07, 6.45) is 0.696. The van der Waals surface area contributed by atoms with Crippen molar-refractivity contribution in [3.8, 4) is 5.75 Å². The van der Waals surface area contributed by atoms with Gasteiger partial charge in [0.2, 0.25) is 0 Å². The molecule has 0 saturated heterocycles. The van der Waals surface area contributed by atoms with Crippen molar-refractivity contribution < 1.29 is 9.53 Å². The van der Waals surface area contributed by atoms with Gasteiger partial charge < -0.3 is 4.74 Å². The van der Waals surface area contributed by atoms with E-state index in [9.17, 15) is 4.79 Å². The maximum absolute atomic E-state index is 11.2. The van der Waals surface area contributed by atoms with E-state index in [1.54, 1.807) is 12.5 Å². The molecule has 1 heterocycles. The lowest BCUT2D eigenvalue weighted by Crippen LogP contribution is -1.95. The Morgan fingerprint density at radius 1 is 1.41 bits per heavy atom. The first-order chi connectivity index (χ1) is 8.20. The summed E-state index contributed by atoms with van der Waals surface area (Å²) in [4.78, 5) is 15.4. The number of carbonyl (C=O) groups excluding carboxylic acids is 1. The third kappa shape index (κ3) is 2.71. The Kier molecular flexibility index (Phi) is 3.54. The lowest BCUT2D eigenvalue weighted by Gasteiger charge is -2.05. The van der Waals surface area contributed by atoms with E-state index in [1.807, 2.05) is 24.3 Å². The fourth-order valence-corrected chi connectivity index (χ4v) is 2.42. The van der Waals surface area contributed by atoms with Crippen molar-refractivity contribution in [2.45, 2.75) is 13.3 Å². The number of hydrogen-bond acceptors (Lipinski definition) is 4. The predicted octanol–water partition coefficient (Wildman–Crippen LogP) is 2.95. The lowest BCUT2D eigenvalue weighted by atomic mass is 10.1. The standard InChI is InChI=1S/C13H13NO2S/c1-9(15)11-8-17-13(14-11)7-10-5-3-4-6-12(10)16-2/h3-6,8H,7H2,1-2H3. The number of Topliss-reactive ketones (excluding diaryl/α,β-unsaturated/α-hetero) is 1. The Bertz CT molecular complexity index is 534. The summed E-state index contributed by atoms with van der Waals surface area (Å²) in [7, 11) is 1.65. The minimum Gasteiger partial charge on any atom is -0.496 e. The molecule has 0 aliphatic carbocycles. The van der Waals surface area contributed by atoms with E-state index in [4.69, 9.17) is 4.74 Å². The zero-order valence-corrected chi connectivity index (χ0v) is 10.6. The molecule has 0 radical (unpaired) electrons. The number of aromatic nitrogens is 1. The number of carbonyl (C=O) groups is 1. The van der Waals surface area contributed by atoms with Gasteiger partial charge in [0.05, 0.1) is 12.1 Å². The first-order valence-corrected chi connectivity index (χ1v) is 6.16. The van der Waals surface area contributed by atoms with Gasteiger partial charge in [-0.1, -0.05) is 18.2 Å². The van der Waals surface area contributed by atoms with E-state index >= 15 is 0 Å². The Labute approximate surface area is 104 Å². The average molecular weight is 247 g/mol. The topological polar surface area (TPSA) is 39.2 Å². The van der Waals surface area contributed by atoms with Crippen molar-refractivity contribution in [2.75, 3.05) is 7.11 Å². The van der Waals surface area contributed by atoms with E-state index < -0.39 is 0 Å². The number of rotatable bonds is 4. The molecule has 2 aromatic rings. The molecule has 88 valence electrons. The number of ketones is 1. The molecule has 1 aromatic carbocycles. The number of nitrogens with zero attached hydrogens (tertiary/aromatic N) is 1. The van der Waals surface area contributed by atoms with Crippen LogP contribution < -0.4 is 4.74 Å². The van der Waals surface area contributed by atoms with Gasteiger partial charge in [0.15, 0.2) is 5.78 Å². The van der Waals surface area contributed by atoms with E-state index in [-0.39, 0.29) is 5.78 Å². The summed E-state index contributed by atoms with van der Waals surface area (Å²) in [5.74, 6) is 0.861. The highest BCUT2D eigenvalue weighted by molar-refractivity contribution is 7.09. The van der Waals surface area contributed by atoms with Crippen molar-refractivity contribution in [1.29, 1.82) is 0 Å². The highest BCUT2D eigenvalue weighted by atomic mass is 32.1. The zero-order valence-electron chi connectivity index (χ0n) is 9.77. The molecule has 0 aliphatic rings. The third-order valence-electron chi connectivity index (χ3n) is 2.45. The summed E-state index contributed by atoms with van der Waals surface area (Å²) in [6.45, 7) is 1.53. The molecule has 0 saturated carbocycles. The minimum absolute atomic E-state index is 0.00697. The van der Waals surface area contributed by atoms with E-state index in [0.717, 1.165) is 16.3 Å². The first-order valence-electron chi connectivity index (χ1n) is 5.28. The van der Waals surface area contributed by atoms with Crippen molar-refractivity contribution in [3.63, 3.8) is 0 Å². The van der Waals surface area contributed by atoms with Crippen LogP contribution >= 0.6 is 11.3 Å². The van der Waals surface area contributed by atoms with Gasteiger partial charge >= 0.3 is 0 Å². The van der Waals surface area contributed by atoms with Crippen LogP contribution in [0.15, 0.2) is 29.6 Å². The van der Waals surface area contributed by atoms with E-state index in [1.165, 1.54) is 18.3 Å². The minimum atomic E-state index is 0.00697. The molecule has 0 aliphatic heterocycles. The van der Waals surface area contributed by atoms with Crippen LogP contribution in [0.4, 0.5) is 0 Å². The normalized spacial score (nSPS) is 10.2. The number of hydrogen-bond donors (Lipinski definition) is 0. The van der Waals surface area contributed by atoms with Gasteiger partial charge in [-0.15, -0.1) is 11.3 Å². The van der Waals surface area contributed by atoms with Gasteiger partial charge in [0, 0.05) is 24.3 Å². The number of thiazole rings is 1. The second-order valence-corrected chi connectivity index (χ2v) is 4.61. The van der Waals surface area contributed by atoms with Crippen LogP contribution in [0, 0.1) is 0 Å². The van der Waals surface area contributed by atoms with E-state index in [2.05, 4.69) is 4.98 Å². The Morgan fingerprint density at radius 2 is 2.18 bits per heavy atom. The van der Waals surface area contributed by atoms with Crippen LogP contribution in [0.2, 0.25) is 0 Å². The molecule has 0 atom stereocenters. The van der Waals surface area contributed by atoms with Gasteiger partial charge in [-0.3, -0.25) is 4.79 Å². The SMILES string of the molecule is COc1ccccc1Cc1nc(C(C)=O)cs1. The molecule has 1 aromatic heterocycles. The highest BCUT2D eigenvalue weighted by Gasteiger charge is 2.09. The molecule has 4 heteroatoms. The molecule has 17 heavy (non-hydrogen) atoms. The maximum atomic E-state index is 11.2. The van der Waals surface area contributed by atoms with Crippen LogP contribution in [0.25, 0.3) is 0 Å². The predicted molar refractivity (Wildman–Crippen MR) is 67.9 cm³/mol. The number of methoxy groups -OCH3 is 1. The fraction of sp³-hybridized carbons (Fsp3) is 0.231. The van der Waals surface area contributed by atoms with Gasteiger partial charge in [-0.05, 0) is 6.07 Å². The molecule has 0 bridgehead atoms. The van der Waals surface area contributed by atoms with Crippen LogP contribution in [-0.2, 0) is 6.42 Å². The molecule has 0 unspecified atom stereocenters. The fourth-order valence-electron chi connectivity index (χ4n) is 1.57. The average Bonchev–Trinajstić information content (AvgIpc) is 2.78. The first kappa shape index (κ1) is 11.8. The van der Waals surface area contributed by atoms with Gasteiger partial charge in [0.1, 0.15) is 11.4 Å². The molecule has 2 rings (SSSR count). The largest absolute Gasteiger partial charge is 0.496 e. The maximum Gasteiger partial charge on any atom is 0.178 e. The third-order valence-corrected chi connectivity index (χ3v) is 3.30. The summed E-state index contributed by atoms with van der Waals surface area (Å²) in [5.41, 5.74) is 1.62. The molecule has 0 amide bonds. The van der Waals surface area contributed by atoms with Crippen molar-refractivity contribution in [2.24, 2.45) is 0 Å². The summed E-state index contributed by atoms with van der Waals surface area (Å²) in [6, 6.07) is 7.84. The monoisotopic (exact) mass is 247 g/mol. The Hall–Kier alpha value is -1.68. The summed E-state index contributed by atoms with van der Waals surface area (Å²) in [5, 5.41) is 2.73. The van der Waals surface area contributed by atoms with Crippen LogP contribution in [0.5, 0.6) is 5.75 Å². The lowest BCUT2D eigenvalue weighted by molar-refractivity contribution is 0.101. The molecule has 0 N–H and O–H groups in total. The van der Waals surface area contributed by atoms with Crippen molar-refractivity contribution in [3.05, 3.63) is 45.9 Å². The van der Waals surface area contributed by atoms with E-state index in [0.29, 0.717) is 12.1 Å².